The minimum atomic E-state index is -0.369. The van der Waals surface area contributed by atoms with E-state index in [1.807, 2.05) is 24.3 Å². The molecule has 4 aromatic rings. The summed E-state index contributed by atoms with van der Waals surface area (Å²) in [4.78, 5) is 29.1. The number of H-pyrrole nitrogens is 1. The molecule has 0 spiro atoms. The van der Waals surface area contributed by atoms with Crippen molar-refractivity contribution >= 4 is 22.3 Å². The molecule has 0 saturated heterocycles. The van der Waals surface area contributed by atoms with Gasteiger partial charge in [0.1, 0.15) is 17.2 Å². The second kappa shape index (κ2) is 8.10. The molecule has 33 heavy (non-hydrogen) atoms. The van der Waals surface area contributed by atoms with E-state index < -0.39 is 0 Å². The molecule has 0 atom stereocenters. The van der Waals surface area contributed by atoms with E-state index in [1.54, 1.807) is 13.0 Å². The van der Waals surface area contributed by atoms with E-state index in [0.29, 0.717) is 22.3 Å². The Kier molecular flexibility index (Phi) is 5.23. The molecular weight excluding hydrogens is 421 g/mol. The van der Waals surface area contributed by atoms with Crippen molar-refractivity contribution in [3.8, 4) is 0 Å². The Hall–Kier alpha value is -3.55. The van der Waals surface area contributed by atoms with E-state index in [-0.39, 0.29) is 28.7 Å². The first-order valence-corrected chi connectivity index (χ1v) is 11.3. The van der Waals surface area contributed by atoms with Crippen molar-refractivity contribution in [2.45, 2.75) is 52.0 Å². The molecule has 1 saturated carbocycles. The maximum atomic E-state index is 14.0. The van der Waals surface area contributed by atoms with Crippen LogP contribution in [0.4, 0.5) is 4.39 Å². The van der Waals surface area contributed by atoms with Gasteiger partial charge >= 0.3 is 0 Å². The SMILES string of the molecule is CCC1(CCc2n[nH]c(=O)c3ccccc23)CC(NC(=O)c2cnc3cc(C)c(F)cn23)C1. The molecule has 0 bridgehead atoms. The molecule has 0 aliphatic heterocycles. The third kappa shape index (κ3) is 3.79. The Morgan fingerprint density at radius 3 is 2.82 bits per heavy atom. The van der Waals surface area contributed by atoms with Crippen LogP contribution in [-0.4, -0.2) is 31.5 Å². The topological polar surface area (TPSA) is 92.1 Å². The molecular formula is C25H26FN5O2. The second-order valence-electron chi connectivity index (χ2n) is 9.15. The fourth-order valence-electron chi connectivity index (χ4n) is 5.03. The number of aromatic amines is 1. The highest BCUT2D eigenvalue weighted by atomic mass is 19.1. The lowest BCUT2D eigenvalue weighted by Crippen LogP contribution is -2.51. The summed E-state index contributed by atoms with van der Waals surface area (Å²) in [5, 5.41) is 11.5. The normalized spacial score (nSPS) is 20.2. The van der Waals surface area contributed by atoms with Gasteiger partial charge in [0.2, 0.25) is 0 Å². The minimum absolute atomic E-state index is 0.0681. The Morgan fingerprint density at radius 1 is 1.30 bits per heavy atom. The van der Waals surface area contributed by atoms with Crippen LogP contribution in [0.1, 0.15) is 54.4 Å². The number of hydrogen-bond acceptors (Lipinski definition) is 4. The molecule has 5 rings (SSSR count). The second-order valence-corrected chi connectivity index (χ2v) is 9.15. The largest absolute Gasteiger partial charge is 0.348 e. The Bertz CT molecular complexity index is 1420. The quantitative estimate of drug-likeness (QED) is 0.468. The number of rotatable bonds is 6. The highest BCUT2D eigenvalue weighted by Gasteiger charge is 2.43. The molecule has 1 aromatic carbocycles. The van der Waals surface area contributed by atoms with E-state index in [1.165, 1.54) is 16.8 Å². The summed E-state index contributed by atoms with van der Waals surface area (Å²) in [6.07, 6.45) is 7.24. The molecule has 2 N–H and O–H groups in total. The third-order valence-corrected chi connectivity index (χ3v) is 7.13. The highest BCUT2D eigenvalue weighted by Crippen LogP contribution is 2.47. The third-order valence-electron chi connectivity index (χ3n) is 7.13. The number of carbonyl (C=O) groups excluding carboxylic acids is 1. The summed E-state index contributed by atoms with van der Waals surface area (Å²) < 4.78 is 15.5. The minimum Gasteiger partial charge on any atom is -0.348 e. The highest BCUT2D eigenvalue weighted by molar-refractivity contribution is 5.93. The maximum Gasteiger partial charge on any atom is 0.272 e. The summed E-state index contributed by atoms with van der Waals surface area (Å²) in [6.45, 7) is 3.85. The zero-order valence-electron chi connectivity index (χ0n) is 18.7. The first-order chi connectivity index (χ1) is 15.9. The average Bonchev–Trinajstić information content (AvgIpc) is 3.19. The number of benzene rings is 1. The standard InChI is InChI=1S/C25H26FN5O2/c1-3-25(9-8-20-17-6-4-5-7-18(17)23(32)30-29-20)11-16(12-25)28-24(33)21-13-27-22-10-15(2)19(26)14-31(21)22/h4-7,10,13-14,16H,3,8-9,11-12H2,1-2H3,(H,28,33)(H,30,32). The van der Waals surface area contributed by atoms with Crippen LogP contribution >= 0.6 is 0 Å². The van der Waals surface area contributed by atoms with E-state index in [4.69, 9.17) is 0 Å². The summed E-state index contributed by atoms with van der Waals surface area (Å²) >= 11 is 0. The molecule has 3 heterocycles. The van der Waals surface area contributed by atoms with Crippen LogP contribution in [0.25, 0.3) is 16.4 Å². The van der Waals surface area contributed by atoms with Gasteiger partial charge in [0.05, 0.1) is 17.3 Å². The van der Waals surface area contributed by atoms with Crippen LogP contribution in [0.2, 0.25) is 0 Å². The summed E-state index contributed by atoms with van der Waals surface area (Å²) in [7, 11) is 0. The fraction of sp³-hybridized carbons (Fsp3) is 0.360. The summed E-state index contributed by atoms with van der Waals surface area (Å²) in [6, 6.07) is 9.23. The molecule has 1 aliphatic rings. The molecule has 8 heteroatoms. The number of nitrogens with zero attached hydrogens (tertiary/aromatic N) is 3. The molecule has 170 valence electrons. The Morgan fingerprint density at radius 2 is 2.06 bits per heavy atom. The van der Waals surface area contributed by atoms with Crippen molar-refractivity contribution in [2.24, 2.45) is 5.41 Å². The predicted molar refractivity (Wildman–Crippen MR) is 124 cm³/mol. The lowest BCUT2D eigenvalue weighted by molar-refractivity contribution is 0.0568. The number of halogens is 1. The Balaban J connectivity index is 1.25. The lowest BCUT2D eigenvalue weighted by Gasteiger charge is -2.48. The van der Waals surface area contributed by atoms with Gasteiger partial charge in [-0.1, -0.05) is 31.5 Å². The fourth-order valence-corrected chi connectivity index (χ4v) is 5.03. The van der Waals surface area contributed by atoms with Crippen LogP contribution in [0, 0.1) is 18.2 Å². The summed E-state index contributed by atoms with van der Waals surface area (Å²) in [5.74, 6) is -0.611. The lowest BCUT2D eigenvalue weighted by atomic mass is 9.61. The summed E-state index contributed by atoms with van der Waals surface area (Å²) in [5.41, 5.74) is 2.23. The van der Waals surface area contributed by atoms with E-state index in [9.17, 15) is 14.0 Å². The molecule has 0 unspecified atom stereocenters. The molecule has 1 fully saturated rings. The van der Waals surface area contributed by atoms with Gasteiger partial charge in [-0.05, 0) is 55.7 Å². The van der Waals surface area contributed by atoms with Crippen LogP contribution in [0.3, 0.4) is 0 Å². The van der Waals surface area contributed by atoms with Gasteiger partial charge in [-0.25, -0.2) is 14.5 Å². The average molecular weight is 448 g/mol. The van der Waals surface area contributed by atoms with Crippen molar-refractivity contribution in [1.82, 2.24) is 24.9 Å². The van der Waals surface area contributed by atoms with E-state index >= 15 is 0 Å². The first-order valence-electron chi connectivity index (χ1n) is 11.3. The Labute approximate surface area is 190 Å². The van der Waals surface area contributed by atoms with Gasteiger partial charge in [-0.15, -0.1) is 0 Å². The van der Waals surface area contributed by atoms with Gasteiger partial charge < -0.3 is 5.32 Å². The number of pyridine rings is 1. The first kappa shape index (κ1) is 21.3. The van der Waals surface area contributed by atoms with Crippen LogP contribution in [-0.2, 0) is 6.42 Å². The number of nitrogens with one attached hydrogen (secondary N) is 2. The zero-order valence-corrected chi connectivity index (χ0v) is 18.7. The van der Waals surface area contributed by atoms with Gasteiger partial charge in [-0.3, -0.25) is 14.0 Å². The van der Waals surface area contributed by atoms with Gasteiger partial charge in [0, 0.05) is 17.6 Å². The van der Waals surface area contributed by atoms with E-state index in [0.717, 1.165) is 43.2 Å². The smallest absolute Gasteiger partial charge is 0.272 e. The number of carbonyl (C=O) groups is 1. The molecule has 7 nitrogen and oxygen atoms in total. The molecule has 1 aliphatic carbocycles. The maximum absolute atomic E-state index is 14.0. The zero-order chi connectivity index (χ0) is 23.2. The van der Waals surface area contributed by atoms with Crippen LogP contribution in [0.5, 0.6) is 0 Å². The van der Waals surface area contributed by atoms with Crippen molar-refractivity contribution < 1.29 is 9.18 Å². The van der Waals surface area contributed by atoms with Crippen LogP contribution in [0.15, 0.2) is 47.5 Å². The van der Waals surface area contributed by atoms with Crippen molar-refractivity contribution in [3.63, 3.8) is 0 Å². The molecule has 3 aromatic heterocycles. The number of aromatic nitrogens is 4. The van der Waals surface area contributed by atoms with E-state index in [2.05, 4.69) is 27.4 Å². The van der Waals surface area contributed by atoms with Gasteiger partial charge in [0.15, 0.2) is 0 Å². The van der Waals surface area contributed by atoms with Crippen LogP contribution < -0.4 is 10.9 Å². The number of amides is 1. The monoisotopic (exact) mass is 447 g/mol. The molecule has 0 radical (unpaired) electrons. The van der Waals surface area contributed by atoms with Crippen molar-refractivity contribution in [2.75, 3.05) is 0 Å². The van der Waals surface area contributed by atoms with Gasteiger partial charge in [-0.2, -0.15) is 5.10 Å². The predicted octanol–water partition coefficient (Wildman–Crippen LogP) is 3.94. The number of aryl methyl sites for hydroxylation is 2. The number of hydrogen-bond donors (Lipinski definition) is 2. The van der Waals surface area contributed by atoms with Crippen molar-refractivity contribution in [1.29, 1.82) is 0 Å². The molecule has 1 amide bonds. The van der Waals surface area contributed by atoms with Gasteiger partial charge in [0.25, 0.3) is 11.5 Å². The number of imidazole rings is 1. The van der Waals surface area contributed by atoms with Crippen molar-refractivity contribution in [3.05, 3.63) is 75.8 Å². The number of fused-ring (bicyclic) bond motifs is 2.